The number of hydrogen-bond acceptors (Lipinski definition) is 4. The lowest BCUT2D eigenvalue weighted by atomic mass is 10.2. The molecular formula is C22H24N2O4. The molecule has 0 saturated heterocycles. The number of anilines is 2. The van der Waals surface area contributed by atoms with Gasteiger partial charge in [-0.15, -0.1) is 0 Å². The zero-order chi connectivity index (χ0) is 19.9. The van der Waals surface area contributed by atoms with Crippen molar-refractivity contribution in [1.29, 1.82) is 0 Å². The molecule has 6 heteroatoms. The van der Waals surface area contributed by atoms with Crippen LogP contribution in [0.3, 0.4) is 0 Å². The maximum absolute atomic E-state index is 12.2. The summed E-state index contributed by atoms with van der Waals surface area (Å²) in [6, 6.07) is 12.6. The Labute approximate surface area is 164 Å². The van der Waals surface area contributed by atoms with Gasteiger partial charge in [0.1, 0.15) is 0 Å². The summed E-state index contributed by atoms with van der Waals surface area (Å²) < 4.78 is 10.9. The van der Waals surface area contributed by atoms with Gasteiger partial charge in [0.2, 0.25) is 5.91 Å². The van der Waals surface area contributed by atoms with Crippen LogP contribution >= 0.6 is 0 Å². The van der Waals surface area contributed by atoms with Crippen LogP contribution in [-0.2, 0) is 9.59 Å². The van der Waals surface area contributed by atoms with Crippen molar-refractivity contribution < 1.29 is 19.1 Å². The molecule has 0 spiro atoms. The van der Waals surface area contributed by atoms with Crippen LogP contribution in [0.25, 0.3) is 6.08 Å². The summed E-state index contributed by atoms with van der Waals surface area (Å²) in [5.41, 5.74) is 2.25. The topological polar surface area (TPSA) is 76.7 Å². The Morgan fingerprint density at radius 2 is 1.82 bits per heavy atom. The molecule has 0 aliphatic heterocycles. The minimum absolute atomic E-state index is 0.0280. The number of nitrogens with one attached hydrogen (secondary N) is 2. The standard InChI is InChI=1S/C22H24N2O4/c1-3-5-15-8-11-19(20(12-15)27-2)28-14-21(25)23-17-6-4-7-18(13-17)24-22(26)16-9-10-16/h3-8,11-13,16H,9-10,14H2,1-2H3,(H,23,25)(H,24,26)/b5-3+. The molecule has 1 saturated carbocycles. The molecule has 6 nitrogen and oxygen atoms in total. The fraction of sp³-hybridized carbons (Fsp3) is 0.273. The third-order valence-corrected chi connectivity index (χ3v) is 4.27. The normalized spacial score (nSPS) is 13.2. The van der Waals surface area contributed by atoms with E-state index in [-0.39, 0.29) is 24.3 Å². The molecule has 0 atom stereocenters. The molecule has 1 aliphatic carbocycles. The number of allylic oxidation sites excluding steroid dienone is 1. The lowest BCUT2D eigenvalue weighted by Gasteiger charge is -2.12. The van der Waals surface area contributed by atoms with E-state index in [1.54, 1.807) is 37.4 Å². The zero-order valence-corrected chi connectivity index (χ0v) is 16.0. The molecule has 0 aromatic heterocycles. The van der Waals surface area contributed by atoms with Crippen molar-refractivity contribution in [1.82, 2.24) is 0 Å². The van der Waals surface area contributed by atoms with E-state index < -0.39 is 0 Å². The van der Waals surface area contributed by atoms with Crippen LogP contribution in [0.1, 0.15) is 25.3 Å². The van der Waals surface area contributed by atoms with E-state index in [9.17, 15) is 9.59 Å². The van der Waals surface area contributed by atoms with Crippen molar-refractivity contribution >= 4 is 29.3 Å². The summed E-state index contributed by atoms with van der Waals surface area (Å²) >= 11 is 0. The van der Waals surface area contributed by atoms with Gasteiger partial charge >= 0.3 is 0 Å². The van der Waals surface area contributed by atoms with E-state index in [1.165, 1.54) is 0 Å². The second-order valence-corrected chi connectivity index (χ2v) is 6.59. The summed E-state index contributed by atoms with van der Waals surface area (Å²) in [5, 5.41) is 5.64. The van der Waals surface area contributed by atoms with Crippen LogP contribution in [0.4, 0.5) is 11.4 Å². The Morgan fingerprint density at radius 1 is 1.07 bits per heavy atom. The van der Waals surface area contributed by atoms with Crippen LogP contribution in [0, 0.1) is 5.92 Å². The van der Waals surface area contributed by atoms with Gasteiger partial charge in [-0.05, 0) is 55.7 Å². The summed E-state index contributed by atoms with van der Waals surface area (Å²) in [7, 11) is 1.56. The highest BCUT2D eigenvalue weighted by molar-refractivity contribution is 5.96. The van der Waals surface area contributed by atoms with Crippen LogP contribution in [-0.4, -0.2) is 25.5 Å². The largest absolute Gasteiger partial charge is 0.493 e. The molecule has 0 radical (unpaired) electrons. The van der Waals surface area contributed by atoms with Gasteiger partial charge in [-0.3, -0.25) is 9.59 Å². The first-order chi connectivity index (χ1) is 13.6. The van der Waals surface area contributed by atoms with Crippen molar-refractivity contribution in [3.63, 3.8) is 0 Å². The molecule has 0 heterocycles. The minimum Gasteiger partial charge on any atom is -0.493 e. The fourth-order valence-corrected chi connectivity index (χ4v) is 2.70. The Kier molecular flexibility index (Phi) is 6.32. The maximum atomic E-state index is 12.2. The molecule has 2 aromatic rings. The molecule has 2 aromatic carbocycles. The maximum Gasteiger partial charge on any atom is 0.262 e. The van der Waals surface area contributed by atoms with Crippen molar-refractivity contribution in [3.8, 4) is 11.5 Å². The summed E-state index contributed by atoms with van der Waals surface area (Å²) in [4.78, 5) is 24.1. The number of rotatable bonds is 8. The number of benzene rings is 2. The summed E-state index contributed by atoms with van der Waals surface area (Å²) in [5.74, 6) is 0.913. The Hall–Kier alpha value is -3.28. The van der Waals surface area contributed by atoms with Gasteiger partial charge in [0.15, 0.2) is 18.1 Å². The zero-order valence-electron chi connectivity index (χ0n) is 16.0. The average molecular weight is 380 g/mol. The molecule has 0 unspecified atom stereocenters. The van der Waals surface area contributed by atoms with E-state index in [4.69, 9.17) is 9.47 Å². The number of hydrogen-bond donors (Lipinski definition) is 2. The van der Waals surface area contributed by atoms with Crippen molar-refractivity contribution in [3.05, 3.63) is 54.1 Å². The third kappa shape index (κ3) is 5.36. The number of ether oxygens (including phenoxy) is 2. The smallest absolute Gasteiger partial charge is 0.262 e. The average Bonchev–Trinajstić information content (AvgIpc) is 3.53. The molecular weight excluding hydrogens is 356 g/mol. The van der Waals surface area contributed by atoms with Crippen LogP contribution in [0.5, 0.6) is 11.5 Å². The van der Waals surface area contributed by atoms with Gasteiger partial charge in [0.05, 0.1) is 7.11 Å². The van der Waals surface area contributed by atoms with E-state index in [1.807, 2.05) is 31.2 Å². The lowest BCUT2D eigenvalue weighted by molar-refractivity contribution is -0.118. The van der Waals surface area contributed by atoms with Crippen LogP contribution in [0.2, 0.25) is 0 Å². The van der Waals surface area contributed by atoms with Gasteiger partial charge in [0.25, 0.3) is 5.91 Å². The predicted molar refractivity (Wildman–Crippen MR) is 110 cm³/mol. The van der Waals surface area contributed by atoms with E-state index in [0.717, 1.165) is 18.4 Å². The SMILES string of the molecule is C/C=C/c1ccc(OCC(=O)Nc2cccc(NC(=O)C3CC3)c2)c(OC)c1. The highest BCUT2D eigenvalue weighted by Gasteiger charge is 2.29. The molecule has 2 amide bonds. The highest BCUT2D eigenvalue weighted by Crippen LogP contribution is 2.30. The third-order valence-electron chi connectivity index (χ3n) is 4.27. The number of carbonyl (C=O) groups excluding carboxylic acids is 2. The fourth-order valence-electron chi connectivity index (χ4n) is 2.70. The first-order valence-corrected chi connectivity index (χ1v) is 9.23. The van der Waals surface area contributed by atoms with E-state index in [0.29, 0.717) is 22.9 Å². The van der Waals surface area contributed by atoms with Crippen molar-refractivity contribution in [2.24, 2.45) is 5.92 Å². The molecule has 146 valence electrons. The highest BCUT2D eigenvalue weighted by atomic mass is 16.5. The van der Waals surface area contributed by atoms with Crippen molar-refractivity contribution in [2.75, 3.05) is 24.4 Å². The molecule has 0 bridgehead atoms. The molecule has 2 N–H and O–H groups in total. The lowest BCUT2D eigenvalue weighted by Crippen LogP contribution is -2.20. The minimum atomic E-state index is -0.301. The molecule has 1 fully saturated rings. The summed E-state index contributed by atoms with van der Waals surface area (Å²) in [6.45, 7) is 1.78. The van der Waals surface area contributed by atoms with Gasteiger partial charge < -0.3 is 20.1 Å². The van der Waals surface area contributed by atoms with Crippen LogP contribution in [0.15, 0.2) is 48.5 Å². The number of methoxy groups -OCH3 is 1. The Morgan fingerprint density at radius 3 is 2.50 bits per heavy atom. The molecule has 3 rings (SSSR count). The summed E-state index contributed by atoms with van der Waals surface area (Å²) in [6.07, 6.45) is 5.77. The second kappa shape index (κ2) is 9.08. The monoisotopic (exact) mass is 380 g/mol. The first-order valence-electron chi connectivity index (χ1n) is 9.23. The van der Waals surface area contributed by atoms with Crippen LogP contribution < -0.4 is 20.1 Å². The Bertz CT molecular complexity index is 888. The molecule has 1 aliphatic rings. The van der Waals surface area contributed by atoms with E-state index in [2.05, 4.69) is 10.6 Å². The number of carbonyl (C=O) groups is 2. The first kappa shape index (κ1) is 19.5. The predicted octanol–water partition coefficient (Wildman–Crippen LogP) is 4.09. The molecule has 28 heavy (non-hydrogen) atoms. The Balaban J connectivity index is 1.56. The van der Waals surface area contributed by atoms with Gasteiger partial charge in [-0.2, -0.15) is 0 Å². The van der Waals surface area contributed by atoms with Crippen molar-refractivity contribution in [2.45, 2.75) is 19.8 Å². The van der Waals surface area contributed by atoms with Gasteiger partial charge in [0, 0.05) is 17.3 Å². The quantitative estimate of drug-likeness (QED) is 0.723. The second-order valence-electron chi connectivity index (χ2n) is 6.59. The number of amides is 2. The van der Waals surface area contributed by atoms with E-state index >= 15 is 0 Å². The van der Waals surface area contributed by atoms with Gasteiger partial charge in [-0.25, -0.2) is 0 Å². The van der Waals surface area contributed by atoms with Gasteiger partial charge in [-0.1, -0.05) is 24.3 Å².